The van der Waals surface area contributed by atoms with Crippen LogP contribution in [0.4, 0.5) is 0 Å². The van der Waals surface area contributed by atoms with Crippen molar-refractivity contribution in [3.63, 3.8) is 0 Å². The second kappa shape index (κ2) is 7.87. The molecular weight excluding hydrogens is 342 g/mol. The molecule has 0 radical (unpaired) electrons. The summed E-state index contributed by atoms with van der Waals surface area (Å²) in [5.74, 6) is 0.447. The van der Waals surface area contributed by atoms with E-state index in [1.165, 1.54) is 12.8 Å². The molecule has 1 fully saturated rings. The van der Waals surface area contributed by atoms with Crippen LogP contribution < -0.4 is 5.32 Å². The number of fused-ring (bicyclic) bond motifs is 1. The van der Waals surface area contributed by atoms with Gasteiger partial charge in [-0.3, -0.25) is 9.48 Å². The van der Waals surface area contributed by atoms with Crippen molar-refractivity contribution >= 4 is 16.9 Å². The van der Waals surface area contributed by atoms with Crippen LogP contribution in [0.25, 0.3) is 11.0 Å². The fourth-order valence-corrected chi connectivity index (χ4v) is 3.57. The van der Waals surface area contributed by atoms with Crippen LogP contribution in [0, 0.1) is 5.92 Å². The van der Waals surface area contributed by atoms with Gasteiger partial charge in [-0.05, 0) is 44.0 Å². The zero-order chi connectivity index (χ0) is 18.6. The third-order valence-electron chi connectivity index (χ3n) is 5.15. The van der Waals surface area contributed by atoms with Gasteiger partial charge < -0.3 is 14.8 Å². The lowest BCUT2D eigenvalue weighted by Gasteiger charge is -2.22. The standard InChI is InChI=1S/C19H25N7O/c1-24(9-10-25-14-21-16-6-2-3-7-18(16)25)19(27)17-13-26(23-22-17)12-15-5-4-8-20-11-15/h2-3,6-7,13-15,20H,4-5,8-12H2,1H3. The molecule has 1 unspecified atom stereocenters. The van der Waals surface area contributed by atoms with E-state index in [0.29, 0.717) is 24.7 Å². The Hall–Kier alpha value is -2.74. The fraction of sp³-hybridized carbons (Fsp3) is 0.474. The summed E-state index contributed by atoms with van der Waals surface area (Å²) in [6.07, 6.45) is 5.96. The minimum atomic E-state index is -0.104. The molecule has 8 heteroatoms. The lowest BCUT2D eigenvalue weighted by atomic mass is 10.00. The number of imidazole rings is 1. The van der Waals surface area contributed by atoms with Crippen molar-refractivity contribution in [2.75, 3.05) is 26.7 Å². The van der Waals surface area contributed by atoms with E-state index in [4.69, 9.17) is 0 Å². The normalized spacial score (nSPS) is 17.3. The summed E-state index contributed by atoms with van der Waals surface area (Å²) in [5, 5.41) is 11.6. The first-order valence-electron chi connectivity index (χ1n) is 9.47. The first kappa shape index (κ1) is 17.7. The first-order valence-corrected chi connectivity index (χ1v) is 9.47. The van der Waals surface area contributed by atoms with Gasteiger partial charge >= 0.3 is 0 Å². The average Bonchev–Trinajstić information content (AvgIpc) is 3.33. The Morgan fingerprint density at radius 2 is 2.26 bits per heavy atom. The van der Waals surface area contributed by atoms with Crippen molar-refractivity contribution < 1.29 is 4.79 Å². The smallest absolute Gasteiger partial charge is 0.275 e. The molecular formula is C19H25N7O. The molecule has 0 aliphatic carbocycles. The maximum absolute atomic E-state index is 12.6. The summed E-state index contributed by atoms with van der Waals surface area (Å²) in [7, 11) is 1.80. The maximum atomic E-state index is 12.6. The summed E-state index contributed by atoms with van der Waals surface area (Å²) in [6.45, 7) is 4.16. The molecule has 1 aliphatic rings. The Kier molecular flexibility index (Phi) is 5.15. The largest absolute Gasteiger partial charge is 0.338 e. The van der Waals surface area contributed by atoms with Gasteiger partial charge in [-0.2, -0.15) is 0 Å². The van der Waals surface area contributed by atoms with Crippen LogP contribution in [0.2, 0.25) is 0 Å². The summed E-state index contributed by atoms with van der Waals surface area (Å²) >= 11 is 0. The van der Waals surface area contributed by atoms with Crippen molar-refractivity contribution in [3.05, 3.63) is 42.5 Å². The van der Waals surface area contributed by atoms with Gasteiger partial charge in [0, 0.05) is 26.7 Å². The van der Waals surface area contributed by atoms with E-state index in [1.807, 2.05) is 30.6 Å². The summed E-state index contributed by atoms with van der Waals surface area (Å²) < 4.78 is 3.86. The molecule has 27 heavy (non-hydrogen) atoms. The Labute approximate surface area is 158 Å². The predicted octanol–water partition coefficient (Wildman–Crippen LogP) is 1.40. The van der Waals surface area contributed by atoms with Gasteiger partial charge in [0.2, 0.25) is 0 Å². The summed E-state index contributed by atoms with van der Waals surface area (Å²) in [6, 6.07) is 7.99. The summed E-state index contributed by atoms with van der Waals surface area (Å²) in [5.41, 5.74) is 2.44. The molecule has 0 bridgehead atoms. The van der Waals surface area contributed by atoms with Crippen LogP contribution in [-0.4, -0.2) is 62.0 Å². The number of benzene rings is 1. The fourth-order valence-electron chi connectivity index (χ4n) is 3.57. The van der Waals surface area contributed by atoms with E-state index in [9.17, 15) is 4.79 Å². The number of likely N-dealkylation sites (N-methyl/N-ethyl adjacent to an activating group) is 1. The van der Waals surface area contributed by atoms with Gasteiger partial charge in [-0.25, -0.2) is 4.98 Å². The number of hydrogen-bond donors (Lipinski definition) is 1. The van der Waals surface area contributed by atoms with Crippen LogP contribution in [0.3, 0.4) is 0 Å². The van der Waals surface area contributed by atoms with Gasteiger partial charge in [-0.15, -0.1) is 5.10 Å². The average molecular weight is 367 g/mol. The van der Waals surface area contributed by atoms with Gasteiger partial charge in [0.1, 0.15) is 0 Å². The van der Waals surface area contributed by atoms with Crippen LogP contribution in [0.15, 0.2) is 36.8 Å². The highest BCUT2D eigenvalue weighted by Gasteiger charge is 2.18. The molecule has 0 saturated carbocycles. The molecule has 4 rings (SSSR count). The first-order chi connectivity index (χ1) is 13.2. The highest BCUT2D eigenvalue weighted by atomic mass is 16.2. The third kappa shape index (κ3) is 4.00. The van der Waals surface area contributed by atoms with Crippen LogP contribution >= 0.6 is 0 Å². The van der Waals surface area contributed by atoms with Gasteiger partial charge in [0.05, 0.1) is 23.6 Å². The Morgan fingerprint density at radius 3 is 3.11 bits per heavy atom. The third-order valence-corrected chi connectivity index (χ3v) is 5.15. The van der Waals surface area contributed by atoms with Crippen molar-refractivity contribution in [3.8, 4) is 0 Å². The number of carbonyl (C=O) groups is 1. The van der Waals surface area contributed by atoms with E-state index in [2.05, 4.69) is 25.2 Å². The molecule has 1 amide bonds. The number of rotatable bonds is 6. The van der Waals surface area contributed by atoms with Crippen molar-refractivity contribution in [2.24, 2.45) is 5.92 Å². The van der Waals surface area contributed by atoms with E-state index in [0.717, 1.165) is 30.7 Å². The van der Waals surface area contributed by atoms with E-state index >= 15 is 0 Å². The zero-order valence-corrected chi connectivity index (χ0v) is 15.6. The lowest BCUT2D eigenvalue weighted by Crippen LogP contribution is -2.32. The highest BCUT2D eigenvalue weighted by molar-refractivity contribution is 5.91. The zero-order valence-electron chi connectivity index (χ0n) is 15.6. The number of amides is 1. The number of para-hydroxylation sites is 2. The number of nitrogens with zero attached hydrogens (tertiary/aromatic N) is 6. The molecule has 1 atom stereocenters. The van der Waals surface area contributed by atoms with Crippen LogP contribution in [0.1, 0.15) is 23.3 Å². The number of aromatic nitrogens is 5. The molecule has 2 aromatic heterocycles. The highest BCUT2D eigenvalue weighted by Crippen LogP contribution is 2.13. The Bertz CT molecular complexity index is 910. The maximum Gasteiger partial charge on any atom is 0.275 e. The van der Waals surface area contributed by atoms with E-state index in [1.54, 1.807) is 22.8 Å². The van der Waals surface area contributed by atoms with Gasteiger partial charge in [0.15, 0.2) is 5.69 Å². The van der Waals surface area contributed by atoms with Crippen LogP contribution in [-0.2, 0) is 13.1 Å². The Morgan fingerprint density at radius 1 is 1.37 bits per heavy atom. The Balaban J connectivity index is 1.34. The second-order valence-electron chi connectivity index (χ2n) is 7.19. The van der Waals surface area contributed by atoms with E-state index in [-0.39, 0.29) is 5.91 Å². The molecule has 1 saturated heterocycles. The quantitative estimate of drug-likeness (QED) is 0.712. The van der Waals surface area contributed by atoms with Gasteiger partial charge in [-0.1, -0.05) is 17.3 Å². The molecule has 3 aromatic rings. The van der Waals surface area contributed by atoms with Crippen LogP contribution in [0.5, 0.6) is 0 Å². The lowest BCUT2D eigenvalue weighted by molar-refractivity contribution is 0.0785. The monoisotopic (exact) mass is 367 g/mol. The van der Waals surface area contributed by atoms with Crippen molar-refractivity contribution in [1.82, 2.24) is 34.8 Å². The molecule has 8 nitrogen and oxygen atoms in total. The molecule has 1 N–H and O–H groups in total. The topological polar surface area (TPSA) is 80.9 Å². The SMILES string of the molecule is CN(CCn1cnc2ccccc21)C(=O)c1cn(CC2CCCNC2)nn1. The minimum absolute atomic E-state index is 0.104. The summed E-state index contributed by atoms with van der Waals surface area (Å²) in [4.78, 5) is 18.7. The molecule has 1 aromatic carbocycles. The molecule has 0 spiro atoms. The molecule has 1 aliphatic heterocycles. The number of hydrogen-bond acceptors (Lipinski definition) is 5. The van der Waals surface area contributed by atoms with Crippen molar-refractivity contribution in [1.29, 1.82) is 0 Å². The van der Waals surface area contributed by atoms with Gasteiger partial charge in [0.25, 0.3) is 5.91 Å². The van der Waals surface area contributed by atoms with Crippen molar-refractivity contribution in [2.45, 2.75) is 25.9 Å². The minimum Gasteiger partial charge on any atom is -0.338 e. The second-order valence-corrected chi connectivity index (χ2v) is 7.19. The van der Waals surface area contributed by atoms with E-state index < -0.39 is 0 Å². The predicted molar refractivity (Wildman–Crippen MR) is 102 cm³/mol. The number of piperidine rings is 1. The number of nitrogens with one attached hydrogen (secondary N) is 1. The molecule has 142 valence electrons. The number of carbonyl (C=O) groups excluding carboxylic acids is 1. The molecule has 3 heterocycles.